The lowest BCUT2D eigenvalue weighted by Gasteiger charge is -2.09. The van der Waals surface area contributed by atoms with E-state index in [2.05, 4.69) is 10.4 Å². The number of benzene rings is 2. The zero-order chi connectivity index (χ0) is 20.5. The molecule has 148 valence electrons. The first-order chi connectivity index (χ1) is 14.0. The number of hydrogen-bond donors (Lipinski definition) is 1. The molecule has 0 unspecified atom stereocenters. The van der Waals surface area contributed by atoms with Crippen LogP contribution in [0.25, 0.3) is 21.5 Å². The van der Waals surface area contributed by atoms with Gasteiger partial charge in [0.15, 0.2) is 0 Å². The van der Waals surface area contributed by atoms with E-state index in [-0.39, 0.29) is 5.91 Å². The molecule has 2 heterocycles. The van der Waals surface area contributed by atoms with Crippen LogP contribution < -0.4 is 14.8 Å². The molecule has 0 aliphatic heterocycles. The van der Waals surface area contributed by atoms with Gasteiger partial charge in [0, 0.05) is 46.9 Å². The van der Waals surface area contributed by atoms with Crippen molar-refractivity contribution < 1.29 is 14.3 Å². The molecule has 0 atom stereocenters. The Hall–Kier alpha value is -3.03. The fourth-order valence-electron chi connectivity index (χ4n) is 3.05. The quantitative estimate of drug-likeness (QED) is 0.474. The van der Waals surface area contributed by atoms with Crippen LogP contribution in [-0.2, 0) is 7.05 Å². The molecule has 6 nitrogen and oxygen atoms in total. The number of aromatic nitrogens is 2. The van der Waals surface area contributed by atoms with Crippen molar-refractivity contribution in [2.45, 2.75) is 0 Å². The Morgan fingerprint density at radius 1 is 1.07 bits per heavy atom. The van der Waals surface area contributed by atoms with Crippen molar-refractivity contribution in [3.05, 3.63) is 58.4 Å². The highest BCUT2D eigenvalue weighted by Crippen LogP contribution is 2.34. The van der Waals surface area contributed by atoms with Gasteiger partial charge in [-0.1, -0.05) is 23.7 Å². The second-order valence-electron chi connectivity index (χ2n) is 6.36. The Balaban J connectivity index is 1.67. The highest BCUT2D eigenvalue weighted by atomic mass is 35.5. The summed E-state index contributed by atoms with van der Waals surface area (Å²) in [5, 5.41) is 9.10. The second kappa shape index (κ2) is 7.77. The number of hydrogen-bond acceptors (Lipinski definition) is 5. The van der Waals surface area contributed by atoms with Gasteiger partial charge in [0.1, 0.15) is 22.0 Å². The fraction of sp³-hybridized carbons (Fsp3) is 0.143. The number of halogens is 1. The maximum atomic E-state index is 12.9. The number of amides is 1. The van der Waals surface area contributed by atoms with Crippen molar-refractivity contribution in [3.63, 3.8) is 0 Å². The topological polar surface area (TPSA) is 65.4 Å². The van der Waals surface area contributed by atoms with Gasteiger partial charge in [-0.2, -0.15) is 5.10 Å². The second-order valence-corrected chi connectivity index (χ2v) is 7.83. The molecule has 4 rings (SSSR count). The Labute approximate surface area is 176 Å². The summed E-state index contributed by atoms with van der Waals surface area (Å²) < 4.78 is 12.3. The van der Waals surface area contributed by atoms with E-state index >= 15 is 0 Å². The van der Waals surface area contributed by atoms with Crippen LogP contribution in [0, 0.1) is 0 Å². The molecule has 29 heavy (non-hydrogen) atoms. The molecule has 4 aromatic rings. The number of aryl methyl sites for hydroxylation is 1. The van der Waals surface area contributed by atoms with Crippen LogP contribution in [0.5, 0.6) is 11.5 Å². The van der Waals surface area contributed by atoms with Crippen molar-refractivity contribution in [3.8, 4) is 22.8 Å². The van der Waals surface area contributed by atoms with Gasteiger partial charge < -0.3 is 14.8 Å². The van der Waals surface area contributed by atoms with E-state index in [1.165, 1.54) is 11.3 Å². The van der Waals surface area contributed by atoms with Crippen LogP contribution in [0.2, 0.25) is 5.02 Å². The number of nitrogens with one attached hydrogen (secondary N) is 1. The summed E-state index contributed by atoms with van der Waals surface area (Å²) >= 11 is 7.38. The number of rotatable bonds is 5. The van der Waals surface area contributed by atoms with Crippen molar-refractivity contribution in [1.82, 2.24) is 9.78 Å². The molecule has 1 amide bonds. The highest BCUT2D eigenvalue weighted by Gasteiger charge is 2.18. The van der Waals surface area contributed by atoms with E-state index in [1.807, 2.05) is 37.4 Å². The lowest BCUT2D eigenvalue weighted by Crippen LogP contribution is -2.10. The molecule has 2 aromatic heterocycles. The Kier molecular flexibility index (Phi) is 5.17. The summed E-state index contributed by atoms with van der Waals surface area (Å²) in [5.41, 5.74) is 2.36. The number of ether oxygens (including phenoxy) is 2. The third-order valence-electron chi connectivity index (χ3n) is 4.46. The van der Waals surface area contributed by atoms with Crippen LogP contribution in [-0.4, -0.2) is 29.9 Å². The SMILES string of the molecule is COc1cc(NC(=O)c2cc3c(-c4ccc(Cl)cc4)nn(C)c3s2)cc(OC)c1. The first kappa shape index (κ1) is 19.3. The number of thiophene rings is 1. The zero-order valence-electron chi connectivity index (χ0n) is 16.0. The standard InChI is InChI=1S/C21H18ClN3O3S/c1-25-21-17(19(24-25)12-4-6-13(22)7-5-12)11-18(29-21)20(26)23-14-8-15(27-2)10-16(9-14)28-3/h4-11H,1-3H3,(H,23,26). The predicted molar refractivity (Wildman–Crippen MR) is 117 cm³/mol. The van der Waals surface area contributed by atoms with Crippen molar-refractivity contribution in [1.29, 1.82) is 0 Å². The smallest absolute Gasteiger partial charge is 0.265 e. The summed E-state index contributed by atoms with van der Waals surface area (Å²) in [5.74, 6) is 0.999. The third kappa shape index (κ3) is 3.79. The van der Waals surface area contributed by atoms with Crippen LogP contribution in [0.3, 0.4) is 0 Å². The van der Waals surface area contributed by atoms with E-state index in [1.54, 1.807) is 37.1 Å². The van der Waals surface area contributed by atoms with Gasteiger partial charge >= 0.3 is 0 Å². The van der Waals surface area contributed by atoms with Gasteiger partial charge in [0.25, 0.3) is 5.91 Å². The molecular formula is C21H18ClN3O3S. The normalized spacial score (nSPS) is 10.9. The van der Waals surface area contributed by atoms with Crippen molar-refractivity contribution in [2.24, 2.45) is 7.05 Å². The average molecular weight is 428 g/mol. The molecule has 0 aliphatic rings. The summed E-state index contributed by atoms with van der Waals surface area (Å²) in [4.78, 5) is 14.4. The lowest BCUT2D eigenvalue weighted by atomic mass is 10.1. The van der Waals surface area contributed by atoms with Crippen LogP contribution >= 0.6 is 22.9 Å². The zero-order valence-corrected chi connectivity index (χ0v) is 17.6. The molecule has 0 saturated carbocycles. The maximum absolute atomic E-state index is 12.9. The van der Waals surface area contributed by atoms with E-state index < -0.39 is 0 Å². The first-order valence-electron chi connectivity index (χ1n) is 8.75. The number of fused-ring (bicyclic) bond motifs is 1. The Morgan fingerprint density at radius 3 is 2.34 bits per heavy atom. The Bertz CT molecular complexity index is 1180. The number of nitrogens with zero attached hydrogens (tertiary/aromatic N) is 2. The molecule has 0 radical (unpaired) electrons. The molecular weight excluding hydrogens is 410 g/mol. The minimum absolute atomic E-state index is 0.205. The van der Waals surface area contributed by atoms with Gasteiger partial charge in [-0.05, 0) is 18.2 Å². The maximum Gasteiger partial charge on any atom is 0.265 e. The molecule has 1 N–H and O–H groups in total. The summed E-state index contributed by atoms with van der Waals surface area (Å²) in [6.45, 7) is 0. The molecule has 0 spiro atoms. The van der Waals surface area contributed by atoms with E-state index in [0.717, 1.165) is 21.5 Å². The molecule has 0 bridgehead atoms. The van der Waals surface area contributed by atoms with Gasteiger partial charge in [0.2, 0.25) is 0 Å². The monoisotopic (exact) mass is 427 g/mol. The average Bonchev–Trinajstić information content (AvgIpc) is 3.29. The molecule has 0 aliphatic carbocycles. The first-order valence-corrected chi connectivity index (χ1v) is 9.95. The number of carbonyl (C=O) groups is 1. The van der Waals surface area contributed by atoms with E-state index in [0.29, 0.717) is 27.1 Å². The molecule has 8 heteroatoms. The van der Waals surface area contributed by atoms with Crippen LogP contribution in [0.4, 0.5) is 5.69 Å². The lowest BCUT2D eigenvalue weighted by molar-refractivity contribution is 0.103. The van der Waals surface area contributed by atoms with E-state index in [9.17, 15) is 4.79 Å². The van der Waals surface area contributed by atoms with Crippen LogP contribution in [0.15, 0.2) is 48.5 Å². The van der Waals surface area contributed by atoms with Gasteiger partial charge in [0.05, 0.1) is 19.1 Å². The highest BCUT2D eigenvalue weighted by molar-refractivity contribution is 7.20. The summed E-state index contributed by atoms with van der Waals surface area (Å²) in [7, 11) is 5.00. The van der Waals surface area contributed by atoms with Gasteiger partial charge in [-0.3, -0.25) is 9.48 Å². The summed E-state index contributed by atoms with van der Waals surface area (Å²) in [6.07, 6.45) is 0. The molecule has 2 aromatic carbocycles. The molecule has 0 saturated heterocycles. The van der Waals surface area contributed by atoms with Crippen molar-refractivity contribution >= 4 is 44.7 Å². The number of carbonyl (C=O) groups excluding carboxylic acids is 1. The largest absolute Gasteiger partial charge is 0.497 e. The van der Waals surface area contributed by atoms with Crippen molar-refractivity contribution in [2.75, 3.05) is 19.5 Å². The van der Waals surface area contributed by atoms with Gasteiger partial charge in [-0.15, -0.1) is 11.3 Å². The summed E-state index contributed by atoms with van der Waals surface area (Å²) in [6, 6.07) is 14.6. The predicted octanol–water partition coefficient (Wildman–Crippen LogP) is 5.22. The van der Waals surface area contributed by atoms with Crippen LogP contribution in [0.1, 0.15) is 9.67 Å². The van der Waals surface area contributed by atoms with E-state index in [4.69, 9.17) is 21.1 Å². The minimum atomic E-state index is -0.205. The fourth-order valence-corrected chi connectivity index (χ4v) is 4.14. The number of methoxy groups -OCH3 is 2. The Morgan fingerprint density at radius 2 is 1.72 bits per heavy atom. The minimum Gasteiger partial charge on any atom is -0.497 e. The van der Waals surface area contributed by atoms with Gasteiger partial charge in [-0.25, -0.2) is 0 Å². The number of anilines is 1. The third-order valence-corrected chi connectivity index (χ3v) is 5.91. The molecule has 0 fully saturated rings.